The number of benzene rings is 1. The molecule has 0 saturated carbocycles. The average Bonchev–Trinajstić information content (AvgIpc) is 2.19. The Bertz CT molecular complexity index is 310. The lowest BCUT2D eigenvalue weighted by atomic mass is 10.1. The van der Waals surface area contributed by atoms with Crippen molar-refractivity contribution >= 4 is 16.9 Å². The van der Waals surface area contributed by atoms with Gasteiger partial charge in [0.25, 0.3) is 0 Å². The van der Waals surface area contributed by atoms with Crippen molar-refractivity contribution in [3.8, 4) is 5.75 Å². The van der Waals surface area contributed by atoms with E-state index in [1.54, 1.807) is 6.26 Å². The Hall–Kier alpha value is -0.960. The van der Waals surface area contributed by atoms with E-state index in [1.165, 1.54) is 11.8 Å². The van der Waals surface area contributed by atoms with Gasteiger partial charge in [-0.1, -0.05) is 23.9 Å². The van der Waals surface area contributed by atoms with Crippen LogP contribution in [0.2, 0.25) is 0 Å². The van der Waals surface area contributed by atoms with Crippen LogP contribution >= 0.6 is 11.8 Å². The molecule has 2 nitrogen and oxygen atoms in total. The number of ether oxygens (including phenoxy) is 1. The van der Waals surface area contributed by atoms with Crippen molar-refractivity contribution in [3.05, 3.63) is 29.8 Å². The van der Waals surface area contributed by atoms with Crippen LogP contribution in [0.15, 0.2) is 24.3 Å². The first-order valence-electron chi connectivity index (χ1n) is 4.54. The van der Waals surface area contributed by atoms with Crippen molar-refractivity contribution < 1.29 is 9.53 Å². The Kier molecular flexibility index (Phi) is 4.53. The third-order valence-electron chi connectivity index (χ3n) is 1.79. The Morgan fingerprint density at radius 1 is 1.50 bits per heavy atom. The van der Waals surface area contributed by atoms with Crippen LogP contribution in [0, 0.1) is 0 Å². The summed E-state index contributed by atoms with van der Waals surface area (Å²) < 4.78 is 5.34. The third kappa shape index (κ3) is 3.42. The molecule has 0 bridgehead atoms. The SMILES string of the molecule is CCOc1cccc(CC(=O)SC)c1. The highest BCUT2D eigenvalue weighted by Gasteiger charge is 2.02. The summed E-state index contributed by atoms with van der Waals surface area (Å²) in [7, 11) is 0. The Morgan fingerprint density at radius 2 is 2.29 bits per heavy atom. The second-order valence-corrected chi connectivity index (χ2v) is 3.70. The van der Waals surface area contributed by atoms with Crippen LogP contribution in [-0.4, -0.2) is 18.0 Å². The van der Waals surface area contributed by atoms with Gasteiger partial charge in [-0.05, 0) is 30.9 Å². The van der Waals surface area contributed by atoms with Crippen LogP contribution in [0.1, 0.15) is 12.5 Å². The molecule has 0 fully saturated rings. The quantitative estimate of drug-likeness (QED) is 0.764. The van der Waals surface area contributed by atoms with E-state index in [0.29, 0.717) is 13.0 Å². The fourth-order valence-electron chi connectivity index (χ4n) is 1.15. The van der Waals surface area contributed by atoms with Gasteiger partial charge in [-0.2, -0.15) is 0 Å². The number of rotatable bonds is 4. The van der Waals surface area contributed by atoms with E-state index < -0.39 is 0 Å². The molecule has 0 aliphatic rings. The summed E-state index contributed by atoms with van der Waals surface area (Å²) in [6.07, 6.45) is 2.27. The van der Waals surface area contributed by atoms with Crippen molar-refractivity contribution in [3.63, 3.8) is 0 Å². The number of hydrogen-bond donors (Lipinski definition) is 0. The van der Waals surface area contributed by atoms with Crippen LogP contribution in [-0.2, 0) is 11.2 Å². The molecule has 0 aliphatic carbocycles. The van der Waals surface area contributed by atoms with E-state index in [4.69, 9.17) is 4.74 Å². The fourth-order valence-corrected chi connectivity index (χ4v) is 1.46. The van der Waals surface area contributed by atoms with Crippen LogP contribution in [0.25, 0.3) is 0 Å². The summed E-state index contributed by atoms with van der Waals surface area (Å²) >= 11 is 1.26. The topological polar surface area (TPSA) is 26.3 Å². The van der Waals surface area contributed by atoms with Crippen molar-refractivity contribution in [2.75, 3.05) is 12.9 Å². The lowest BCUT2D eigenvalue weighted by Crippen LogP contribution is -1.97. The molecule has 0 saturated heterocycles. The molecule has 14 heavy (non-hydrogen) atoms. The number of carbonyl (C=O) groups is 1. The maximum Gasteiger partial charge on any atom is 0.193 e. The number of carbonyl (C=O) groups excluding carboxylic acids is 1. The summed E-state index contributed by atoms with van der Waals surface area (Å²) in [6, 6.07) is 7.67. The van der Waals surface area contributed by atoms with Gasteiger partial charge in [0, 0.05) is 6.42 Å². The normalized spacial score (nSPS) is 9.86. The van der Waals surface area contributed by atoms with Gasteiger partial charge >= 0.3 is 0 Å². The predicted octanol–water partition coefficient (Wildman–Crippen LogP) is 2.52. The highest BCUT2D eigenvalue weighted by molar-refractivity contribution is 8.13. The number of thioether (sulfide) groups is 1. The van der Waals surface area contributed by atoms with Crippen LogP contribution in [0.4, 0.5) is 0 Å². The number of hydrogen-bond acceptors (Lipinski definition) is 3. The minimum absolute atomic E-state index is 0.179. The van der Waals surface area contributed by atoms with Crippen LogP contribution in [0.3, 0.4) is 0 Å². The maximum absolute atomic E-state index is 11.2. The minimum Gasteiger partial charge on any atom is -0.494 e. The molecule has 0 aliphatic heterocycles. The van der Waals surface area contributed by atoms with Crippen molar-refractivity contribution in [2.24, 2.45) is 0 Å². The molecule has 0 unspecified atom stereocenters. The summed E-state index contributed by atoms with van der Waals surface area (Å²) in [5.41, 5.74) is 1.01. The maximum atomic E-state index is 11.2. The first-order valence-corrected chi connectivity index (χ1v) is 5.77. The molecule has 0 radical (unpaired) electrons. The van der Waals surface area contributed by atoms with Gasteiger partial charge < -0.3 is 4.74 Å². The first-order chi connectivity index (χ1) is 6.76. The zero-order valence-corrected chi connectivity index (χ0v) is 9.26. The second-order valence-electron chi connectivity index (χ2n) is 2.83. The summed E-state index contributed by atoms with van der Waals surface area (Å²) in [5, 5.41) is 0.179. The third-order valence-corrected chi connectivity index (χ3v) is 2.39. The van der Waals surface area contributed by atoms with Crippen molar-refractivity contribution in [2.45, 2.75) is 13.3 Å². The summed E-state index contributed by atoms with van der Waals surface area (Å²) in [5.74, 6) is 0.832. The van der Waals surface area contributed by atoms with E-state index in [9.17, 15) is 4.79 Å². The fraction of sp³-hybridized carbons (Fsp3) is 0.364. The molecule has 1 aromatic carbocycles. The molecular formula is C11H14O2S. The minimum atomic E-state index is 0.179. The van der Waals surface area contributed by atoms with Gasteiger partial charge in [0.05, 0.1) is 6.61 Å². The Balaban J connectivity index is 2.68. The van der Waals surface area contributed by atoms with E-state index in [0.717, 1.165) is 11.3 Å². The van der Waals surface area contributed by atoms with Gasteiger partial charge in [-0.3, -0.25) is 4.79 Å². The molecule has 1 aromatic rings. The summed E-state index contributed by atoms with van der Waals surface area (Å²) in [6.45, 7) is 2.60. The standard InChI is InChI=1S/C11H14O2S/c1-3-13-10-6-4-5-9(7-10)8-11(12)14-2/h4-7H,3,8H2,1-2H3. The van der Waals surface area contributed by atoms with E-state index in [2.05, 4.69) is 0 Å². The van der Waals surface area contributed by atoms with E-state index in [-0.39, 0.29) is 5.12 Å². The molecule has 0 amide bonds. The molecule has 0 atom stereocenters. The van der Waals surface area contributed by atoms with Gasteiger partial charge in [0.2, 0.25) is 0 Å². The van der Waals surface area contributed by atoms with Gasteiger partial charge in [-0.15, -0.1) is 0 Å². The largest absolute Gasteiger partial charge is 0.494 e. The first kappa shape index (κ1) is 11.1. The summed E-state index contributed by atoms with van der Waals surface area (Å²) in [4.78, 5) is 11.2. The van der Waals surface area contributed by atoms with Crippen molar-refractivity contribution in [1.29, 1.82) is 0 Å². The van der Waals surface area contributed by atoms with Gasteiger partial charge in [0.1, 0.15) is 5.75 Å². The molecule has 0 N–H and O–H groups in total. The second kappa shape index (κ2) is 5.70. The van der Waals surface area contributed by atoms with Crippen LogP contribution < -0.4 is 4.74 Å². The molecular weight excluding hydrogens is 196 g/mol. The molecule has 76 valence electrons. The lowest BCUT2D eigenvalue weighted by molar-refractivity contribution is -0.110. The highest BCUT2D eigenvalue weighted by Crippen LogP contribution is 2.15. The molecule has 1 rings (SSSR count). The zero-order chi connectivity index (χ0) is 10.4. The van der Waals surface area contributed by atoms with E-state index in [1.807, 2.05) is 31.2 Å². The van der Waals surface area contributed by atoms with Gasteiger partial charge in [0.15, 0.2) is 5.12 Å². The Labute approximate surface area is 88.7 Å². The Morgan fingerprint density at radius 3 is 2.93 bits per heavy atom. The average molecular weight is 210 g/mol. The highest BCUT2D eigenvalue weighted by atomic mass is 32.2. The molecule has 0 aromatic heterocycles. The molecule has 3 heteroatoms. The van der Waals surface area contributed by atoms with E-state index >= 15 is 0 Å². The molecule has 0 spiro atoms. The van der Waals surface area contributed by atoms with Crippen molar-refractivity contribution in [1.82, 2.24) is 0 Å². The predicted molar refractivity (Wildman–Crippen MR) is 59.8 cm³/mol. The smallest absolute Gasteiger partial charge is 0.193 e. The lowest BCUT2D eigenvalue weighted by Gasteiger charge is -2.04. The zero-order valence-electron chi connectivity index (χ0n) is 8.45. The van der Waals surface area contributed by atoms with Gasteiger partial charge in [-0.25, -0.2) is 0 Å². The van der Waals surface area contributed by atoms with Crippen LogP contribution in [0.5, 0.6) is 5.75 Å². The monoisotopic (exact) mass is 210 g/mol. The molecule has 0 heterocycles.